The number of aromatic nitrogens is 3. The van der Waals surface area contributed by atoms with Gasteiger partial charge in [-0.25, -0.2) is 9.98 Å². The fourth-order valence-electron chi connectivity index (χ4n) is 3.68. The van der Waals surface area contributed by atoms with Crippen LogP contribution in [0.15, 0.2) is 52.2 Å². The number of aliphatic imine (C=N–C) groups is 2. The summed E-state index contributed by atoms with van der Waals surface area (Å²) in [4.78, 5) is 25.8. The summed E-state index contributed by atoms with van der Waals surface area (Å²) in [6, 6.07) is 7.53. The van der Waals surface area contributed by atoms with Crippen molar-refractivity contribution in [1.82, 2.24) is 25.4 Å². The van der Waals surface area contributed by atoms with Gasteiger partial charge in [-0.05, 0) is 44.8 Å². The summed E-state index contributed by atoms with van der Waals surface area (Å²) >= 11 is 6.54. The molecule has 1 aromatic carbocycles. The molecule has 0 aliphatic carbocycles. The van der Waals surface area contributed by atoms with E-state index < -0.39 is 0 Å². The highest BCUT2D eigenvalue weighted by Crippen LogP contribution is 2.33. The number of hydrogen-bond donors (Lipinski definition) is 4. The van der Waals surface area contributed by atoms with Crippen LogP contribution in [0, 0.1) is 6.92 Å². The molecule has 182 valence electrons. The van der Waals surface area contributed by atoms with Gasteiger partial charge in [0.25, 0.3) is 0 Å². The Morgan fingerprint density at radius 2 is 2.26 bits per heavy atom. The average Bonchev–Trinajstić information content (AvgIpc) is 3.45. The van der Waals surface area contributed by atoms with Crippen LogP contribution >= 0.6 is 11.6 Å². The van der Waals surface area contributed by atoms with Gasteiger partial charge in [0.2, 0.25) is 5.91 Å². The molecular weight excluding hydrogens is 468 g/mol. The molecule has 1 fully saturated rings. The van der Waals surface area contributed by atoms with Crippen LogP contribution < -0.4 is 15.4 Å². The number of benzene rings is 1. The lowest BCUT2D eigenvalue weighted by atomic mass is 10.2. The second-order valence-corrected chi connectivity index (χ2v) is 8.25. The number of halogens is 1. The molecular formula is C24H27ClN8O2. The first-order valence-corrected chi connectivity index (χ1v) is 11.4. The van der Waals surface area contributed by atoms with Crippen molar-refractivity contribution < 1.29 is 9.53 Å². The van der Waals surface area contributed by atoms with Gasteiger partial charge >= 0.3 is 0 Å². The smallest absolute Gasteiger partial charge is 0.239 e. The lowest BCUT2D eigenvalue weighted by Crippen LogP contribution is -2.49. The van der Waals surface area contributed by atoms with Crippen molar-refractivity contribution in [3.63, 3.8) is 0 Å². The van der Waals surface area contributed by atoms with E-state index >= 15 is 0 Å². The number of rotatable bonds is 8. The van der Waals surface area contributed by atoms with E-state index in [9.17, 15) is 4.79 Å². The van der Waals surface area contributed by atoms with Crippen LogP contribution in [0.3, 0.4) is 0 Å². The molecule has 0 saturated carbocycles. The molecule has 0 bridgehead atoms. The lowest BCUT2D eigenvalue weighted by molar-refractivity contribution is -0.122. The highest BCUT2D eigenvalue weighted by Gasteiger charge is 2.19. The molecule has 35 heavy (non-hydrogen) atoms. The van der Waals surface area contributed by atoms with Crippen LogP contribution in [-0.4, -0.2) is 64.9 Å². The van der Waals surface area contributed by atoms with Gasteiger partial charge in [0, 0.05) is 41.8 Å². The summed E-state index contributed by atoms with van der Waals surface area (Å²) in [5.74, 6) is 1.96. The summed E-state index contributed by atoms with van der Waals surface area (Å²) in [7, 11) is 0. The lowest BCUT2D eigenvalue weighted by Gasteiger charge is -2.28. The number of aryl methyl sites for hydroxylation is 1. The molecule has 11 heteroatoms. The van der Waals surface area contributed by atoms with E-state index in [0.29, 0.717) is 41.3 Å². The zero-order chi connectivity index (χ0) is 24.8. The quantitative estimate of drug-likeness (QED) is 0.281. The summed E-state index contributed by atoms with van der Waals surface area (Å²) in [5, 5.41) is 14.5. The topological polar surface area (TPSA) is 123 Å². The number of nitrogens with zero attached hydrogens (tertiary/aromatic N) is 4. The number of piperazine rings is 1. The van der Waals surface area contributed by atoms with E-state index in [4.69, 9.17) is 16.3 Å². The van der Waals surface area contributed by atoms with Crippen molar-refractivity contribution in [3.05, 3.63) is 58.6 Å². The van der Waals surface area contributed by atoms with Gasteiger partial charge in [0.1, 0.15) is 17.4 Å². The third kappa shape index (κ3) is 5.90. The third-order valence-electron chi connectivity index (χ3n) is 5.28. The zero-order valence-electron chi connectivity index (χ0n) is 19.6. The van der Waals surface area contributed by atoms with Crippen LogP contribution in [-0.2, 0) is 4.79 Å². The highest BCUT2D eigenvalue weighted by atomic mass is 35.5. The van der Waals surface area contributed by atoms with Crippen molar-refractivity contribution in [1.29, 1.82) is 0 Å². The third-order valence-corrected chi connectivity index (χ3v) is 5.67. The van der Waals surface area contributed by atoms with E-state index in [1.165, 1.54) is 0 Å². The average molecular weight is 495 g/mol. The standard InChI is InChI=1S/C24H27ClN8O2/c1-4-5-16-11-21(32-31-16)30-20(26-3)12-22(33-9-8-27-23(34)13-33)28-14-35-19-7-6-18-17(24(19)25)10-15(2)29-18/h4-7,10-12,29H,3,8-9,13-14H2,1-2H3,(H,27,34)(H2,30,31,32)/b5-4+,20-12+,28-22+. The predicted molar refractivity (Wildman–Crippen MR) is 140 cm³/mol. The maximum Gasteiger partial charge on any atom is 0.239 e. The van der Waals surface area contributed by atoms with Gasteiger partial charge in [0.05, 0.1) is 17.3 Å². The Balaban J connectivity index is 1.56. The van der Waals surface area contributed by atoms with Gasteiger partial charge in [0.15, 0.2) is 12.5 Å². The molecule has 4 N–H and O–H groups in total. The van der Waals surface area contributed by atoms with Gasteiger partial charge in [-0.1, -0.05) is 17.7 Å². The molecule has 0 unspecified atom stereocenters. The van der Waals surface area contributed by atoms with E-state index in [0.717, 1.165) is 22.3 Å². The monoisotopic (exact) mass is 494 g/mol. The maximum absolute atomic E-state index is 12.0. The molecule has 1 aliphatic heterocycles. The number of allylic oxidation sites excluding steroid dienone is 1. The Morgan fingerprint density at radius 3 is 3.03 bits per heavy atom. The number of amidine groups is 1. The van der Waals surface area contributed by atoms with Crippen molar-refractivity contribution in [2.75, 3.05) is 31.7 Å². The van der Waals surface area contributed by atoms with E-state index in [2.05, 4.69) is 42.5 Å². The molecule has 1 amide bonds. The molecule has 3 heterocycles. The first-order valence-electron chi connectivity index (χ1n) is 11.1. The minimum Gasteiger partial charge on any atom is -0.470 e. The molecule has 1 aliphatic rings. The Hall–Kier alpha value is -4.05. The van der Waals surface area contributed by atoms with Crippen LogP contribution in [0.1, 0.15) is 18.3 Å². The Labute approximate surface area is 207 Å². The molecule has 4 rings (SSSR count). The predicted octanol–water partition coefficient (Wildman–Crippen LogP) is 3.71. The number of nitrogens with one attached hydrogen (secondary N) is 4. The van der Waals surface area contributed by atoms with Gasteiger partial charge in [-0.3, -0.25) is 9.89 Å². The van der Waals surface area contributed by atoms with Crippen molar-refractivity contribution in [3.8, 4) is 5.75 Å². The number of amides is 1. The normalized spacial score (nSPS) is 15.1. The summed E-state index contributed by atoms with van der Waals surface area (Å²) in [6.45, 7) is 8.81. The largest absolute Gasteiger partial charge is 0.470 e. The Kier molecular flexibility index (Phi) is 7.51. The fourth-order valence-corrected chi connectivity index (χ4v) is 3.95. The summed E-state index contributed by atoms with van der Waals surface area (Å²) < 4.78 is 5.88. The highest BCUT2D eigenvalue weighted by molar-refractivity contribution is 6.37. The minimum absolute atomic E-state index is 0.00312. The van der Waals surface area contributed by atoms with Crippen molar-refractivity contribution in [2.45, 2.75) is 13.8 Å². The molecule has 1 saturated heterocycles. The summed E-state index contributed by atoms with van der Waals surface area (Å²) in [6.07, 6.45) is 5.52. The fraction of sp³-hybridized carbons (Fsp3) is 0.250. The zero-order valence-corrected chi connectivity index (χ0v) is 20.3. The molecule has 0 radical (unpaired) electrons. The first-order chi connectivity index (χ1) is 17.0. The molecule has 10 nitrogen and oxygen atoms in total. The van der Waals surface area contributed by atoms with Crippen LogP contribution in [0.2, 0.25) is 5.02 Å². The number of anilines is 1. The molecule has 0 atom stereocenters. The number of ether oxygens (including phenoxy) is 1. The SMILES string of the molecule is C=N/C(=C\C(=N/COc1ccc2[nH]c(C)cc2c1Cl)N1CCNC(=O)C1)Nc1cc(/C=C/C)[nH]n1. The van der Waals surface area contributed by atoms with Crippen molar-refractivity contribution in [2.24, 2.45) is 9.98 Å². The number of hydrogen-bond acceptors (Lipinski definition) is 6. The molecule has 0 spiro atoms. The van der Waals surface area contributed by atoms with Crippen LogP contribution in [0.25, 0.3) is 17.0 Å². The molecule has 2 aromatic heterocycles. The Morgan fingerprint density at radius 1 is 1.40 bits per heavy atom. The second kappa shape index (κ2) is 10.9. The second-order valence-electron chi connectivity index (χ2n) is 7.87. The number of carbonyl (C=O) groups is 1. The first kappa shape index (κ1) is 24.1. The maximum atomic E-state index is 12.0. The van der Waals surface area contributed by atoms with Gasteiger partial charge < -0.3 is 25.3 Å². The molecule has 3 aromatic rings. The van der Waals surface area contributed by atoms with Crippen molar-refractivity contribution >= 4 is 52.9 Å². The minimum atomic E-state index is -0.0843. The van der Waals surface area contributed by atoms with E-state index in [1.807, 2.05) is 49.1 Å². The number of aromatic amines is 2. The van der Waals surface area contributed by atoms with Gasteiger partial charge in [-0.15, -0.1) is 0 Å². The Bertz CT molecular complexity index is 1320. The number of fused-ring (bicyclic) bond motifs is 1. The van der Waals surface area contributed by atoms with E-state index in [1.54, 1.807) is 12.1 Å². The number of carbonyl (C=O) groups excluding carboxylic acids is 1. The summed E-state index contributed by atoms with van der Waals surface area (Å²) in [5.41, 5.74) is 2.80. The van der Waals surface area contributed by atoms with Crippen LogP contribution in [0.4, 0.5) is 5.82 Å². The van der Waals surface area contributed by atoms with Crippen LogP contribution in [0.5, 0.6) is 5.75 Å². The number of H-pyrrole nitrogens is 2. The van der Waals surface area contributed by atoms with E-state index in [-0.39, 0.29) is 19.2 Å². The van der Waals surface area contributed by atoms with Gasteiger partial charge in [-0.2, -0.15) is 5.10 Å².